The van der Waals surface area contributed by atoms with Gasteiger partial charge in [-0.1, -0.05) is 55.8 Å². The zero-order valence-corrected chi connectivity index (χ0v) is 25.8. The van der Waals surface area contributed by atoms with Crippen molar-refractivity contribution in [2.24, 2.45) is 11.8 Å². The Balaban J connectivity index is 1.61. The fourth-order valence-corrected chi connectivity index (χ4v) is 6.95. The van der Waals surface area contributed by atoms with Crippen molar-refractivity contribution in [3.63, 3.8) is 0 Å². The molecule has 3 aliphatic heterocycles. The van der Waals surface area contributed by atoms with E-state index >= 15 is 0 Å². The topological polar surface area (TPSA) is 125 Å². The summed E-state index contributed by atoms with van der Waals surface area (Å²) in [6, 6.07) is 8.31. The smallest absolute Gasteiger partial charge is 0.313 e. The minimum absolute atomic E-state index is 0.0210. The van der Waals surface area contributed by atoms with Crippen molar-refractivity contribution in [2.75, 3.05) is 32.8 Å². The number of ether oxygens (including phenoxy) is 2. The monoisotopic (exact) mass is 609 g/mol. The highest BCUT2D eigenvalue weighted by Gasteiger charge is 2.75. The van der Waals surface area contributed by atoms with Gasteiger partial charge in [0.2, 0.25) is 17.7 Å². The molecule has 3 amide bonds. The summed E-state index contributed by atoms with van der Waals surface area (Å²) < 4.78 is 12.6. The van der Waals surface area contributed by atoms with Gasteiger partial charge in [-0.3, -0.25) is 19.2 Å². The molecule has 1 spiro atoms. The molecular weight excluding hydrogens is 562 g/mol. The van der Waals surface area contributed by atoms with Crippen molar-refractivity contribution in [2.45, 2.75) is 82.1 Å². The Hall–Kier alpha value is -3.50. The molecule has 2 bridgehead atoms. The molecule has 0 aromatic heterocycles. The van der Waals surface area contributed by atoms with Gasteiger partial charge in [-0.2, -0.15) is 0 Å². The first-order chi connectivity index (χ1) is 21.3. The molecule has 3 heterocycles. The molecule has 240 valence electrons. The van der Waals surface area contributed by atoms with Gasteiger partial charge in [-0.05, 0) is 44.1 Å². The number of carbonyl (C=O) groups is 4. The van der Waals surface area contributed by atoms with Crippen molar-refractivity contribution in [3.8, 4) is 0 Å². The summed E-state index contributed by atoms with van der Waals surface area (Å²) in [7, 11) is 0. The number of rotatable bonds is 18. The van der Waals surface area contributed by atoms with Gasteiger partial charge in [0.25, 0.3) is 0 Å². The molecular formula is C34H47N3O7. The molecule has 0 aliphatic carbocycles. The van der Waals surface area contributed by atoms with Crippen molar-refractivity contribution in [1.29, 1.82) is 0 Å². The number of likely N-dealkylation sites (tertiary alicyclic amines) is 1. The lowest BCUT2D eigenvalue weighted by Crippen LogP contribution is -2.56. The van der Waals surface area contributed by atoms with Gasteiger partial charge < -0.3 is 29.7 Å². The van der Waals surface area contributed by atoms with Crippen molar-refractivity contribution in [3.05, 3.63) is 61.2 Å². The van der Waals surface area contributed by atoms with E-state index < -0.39 is 41.7 Å². The summed E-state index contributed by atoms with van der Waals surface area (Å²) in [6.45, 7) is 10.8. The van der Waals surface area contributed by atoms with Crippen molar-refractivity contribution < 1.29 is 33.8 Å². The van der Waals surface area contributed by atoms with Crippen LogP contribution >= 0.6 is 0 Å². The third-order valence-electron chi connectivity index (χ3n) is 9.05. The number of unbranched alkanes of at least 4 members (excludes halogenated alkanes) is 2. The second-order valence-electron chi connectivity index (χ2n) is 11.9. The summed E-state index contributed by atoms with van der Waals surface area (Å²) in [5.74, 6) is -2.96. The predicted molar refractivity (Wildman–Crippen MR) is 165 cm³/mol. The lowest BCUT2D eigenvalue weighted by molar-refractivity contribution is -0.160. The fraction of sp³-hybridized carbons (Fsp3) is 0.588. The molecule has 1 aromatic carbocycles. The number of amides is 3. The van der Waals surface area contributed by atoms with Gasteiger partial charge in [0.05, 0.1) is 24.5 Å². The average Bonchev–Trinajstić information content (AvgIpc) is 3.67. The quantitative estimate of drug-likeness (QED) is 0.149. The van der Waals surface area contributed by atoms with Crippen LogP contribution in [0.2, 0.25) is 0 Å². The van der Waals surface area contributed by atoms with Crippen LogP contribution in [0.25, 0.3) is 0 Å². The lowest BCUT2D eigenvalue weighted by Gasteiger charge is -2.36. The SMILES string of the molecule is C=CCCC(=O)NC[C@H](OC(=O)[C@@H]1[C@@H]2CC[C@]3(O2)[C@H](C(=O)N(CC=C)CCCC)N(CCCCO)C(=O)[C@@H]13)c1ccccc1. The normalized spacial score (nSPS) is 25.8. The highest BCUT2D eigenvalue weighted by Crippen LogP contribution is 2.59. The first-order valence-electron chi connectivity index (χ1n) is 15.9. The Bertz CT molecular complexity index is 1190. The summed E-state index contributed by atoms with van der Waals surface area (Å²) >= 11 is 0. The van der Waals surface area contributed by atoms with Gasteiger partial charge in [-0.15, -0.1) is 13.2 Å². The number of hydrogen-bond donors (Lipinski definition) is 2. The Morgan fingerprint density at radius 3 is 2.66 bits per heavy atom. The molecule has 10 nitrogen and oxygen atoms in total. The Morgan fingerprint density at radius 1 is 1.20 bits per heavy atom. The Morgan fingerprint density at radius 2 is 1.98 bits per heavy atom. The predicted octanol–water partition coefficient (Wildman–Crippen LogP) is 3.32. The highest BCUT2D eigenvalue weighted by atomic mass is 16.6. The zero-order chi connectivity index (χ0) is 31.7. The van der Waals surface area contributed by atoms with E-state index in [1.807, 2.05) is 30.3 Å². The number of esters is 1. The van der Waals surface area contributed by atoms with Crippen LogP contribution in [0.4, 0.5) is 0 Å². The maximum absolute atomic E-state index is 14.2. The van der Waals surface area contributed by atoms with Crippen LogP contribution in [0.1, 0.15) is 70.0 Å². The van der Waals surface area contributed by atoms with Gasteiger partial charge in [-0.25, -0.2) is 0 Å². The molecule has 6 atom stereocenters. The second kappa shape index (κ2) is 15.5. The minimum Gasteiger partial charge on any atom is -0.455 e. The number of benzene rings is 1. The lowest BCUT2D eigenvalue weighted by atomic mass is 9.70. The summed E-state index contributed by atoms with van der Waals surface area (Å²) in [4.78, 5) is 58.1. The van der Waals surface area contributed by atoms with E-state index in [4.69, 9.17) is 9.47 Å². The largest absolute Gasteiger partial charge is 0.455 e. The molecule has 3 aliphatic rings. The van der Waals surface area contributed by atoms with Crippen LogP contribution in [0.15, 0.2) is 55.6 Å². The Kier molecular flexibility index (Phi) is 11.7. The molecule has 3 saturated heterocycles. The van der Waals surface area contributed by atoms with E-state index in [0.29, 0.717) is 45.2 Å². The van der Waals surface area contributed by atoms with Crippen LogP contribution in [0, 0.1) is 11.8 Å². The number of carbonyl (C=O) groups excluding carboxylic acids is 4. The van der Waals surface area contributed by atoms with E-state index in [1.165, 1.54) is 0 Å². The average molecular weight is 610 g/mol. The first-order valence-corrected chi connectivity index (χ1v) is 15.9. The third-order valence-corrected chi connectivity index (χ3v) is 9.05. The van der Waals surface area contributed by atoms with E-state index in [0.717, 1.165) is 18.4 Å². The van der Waals surface area contributed by atoms with Crippen LogP contribution in [-0.2, 0) is 28.7 Å². The molecule has 4 rings (SSSR count). The number of hydrogen-bond acceptors (Lipinski definition) is 7. The summed E-state index contributed by atoms with van der Waals surface area (Å²) in [6.07, 6.45) is 6.59. The van der Waals surface area contributed by atoms with Crippen LogP contribution < -0.4 is 5.32 Å². The van der Waals surface area contributed by atoms with Gasteiger partial charge in [0, 0.05) is 32.7 Å². The second-order valence-corrected chi connectivity index (χ2v) is 11.9. The minimum atomic E-state index is -1.13. The number of aliphatic hydroxyl groups excluding tert-OH is 1. The van der Waals surface area contributed by atoms with Gasteiger partial charge in [0.15, 0.2) is 0 Å². The van der Waals surface area contributed by atoms with Crippen LogP contribution in [-0.4, -0.2) is 89.1 Å². The number of nitrogens with zero attached hydrogens (tertiary/aromatic N) is 2. The van der Waals surface area contributed by atoms with E-state index in [1.54, 1.807) is 22.0 Å². The van der Waals surface area contributed by atoms with Gasteiger partial charge >= 0.3 is 5.97 Å². The summed E-state index contributed by atoms with van der Waals surface area (Å²) in [5.41, 5.74) is -0.412. The number of allylic oxidation sites excluding steroid dienone is 1. The zero-order valence-electron chi connectivity index (χ0n) is 25.8. The van der Waals surface area contributed by atoms with E-state index in [-0.39, 0.29) is 43.8 Å². The molecule has 2 N–H and O–H groups in total. The van der Waals surface area contributed by atoms with Crippen LogP contribution in [0.5, 0.6) is 0 Å². The molecule has 0 radical (unpaired) electrons. The molecule has 0 unspecified atom stereocenters. The number of fused-ring (bicyclic) bond motifs is 1. The molecule has 3 fully saturated rings. The maximum Gasteiger partial charge on any atom is 0.313 e. The van der Waals surface area contributed by atoms with Gasteiger partial charge in [0.1, 0.15) is 17.7 Å². The van der Waals surface area contributed by atoms with Crippen molar-refractivity contribution >= 4 is 23.7 Å². The highest BCUT2D eigenvalue weighted by molar-refractivity contribution is 5.98. The molecule has 0 saturated carbocycles. The summed E-state index contributed by atoms with van der Waals surface area (Å²) in [5, 5.41) is 12.3. The third kappa shape index (κ3) is 6.91. The molecule has 44 heavy (non-hydrogen) atoms. The van der Waals surface area contributed by atoms with E-state index in [2.05, 4.69) is 25.4 Å². The molecule has 1 aromatic rings. The number of nitrogens with one attached hydrogen (secondary N) is 1. The first kappa shape index (κ1) is 33.4. The van der Waals surface area contributed by atoms with Crippen molar-refractivity contribution in [1.82, 2.24) is 15.1 Å². The van der Waals surface area contributed by atoms with Crippen LogP contribution in [0.3, 0.4) is 0 Å². The standard InChI is InChI=1S/C34H47N3O7/c1-4-7-16-27(39)35-23-26(24-14-10-9-11-15-24)43-33(42)28-25-17-18-34(44-25)29(28)31(40)37(21-12-13-22-38)30(34)32(41)36(19-6-3)20-8-5-2/h4,6,9-11,14-15,25-26,28-30,38H,1,3,5,7-8,12-13,16-23H2,2H3,(H,35,39)/t25-,26-,28+,29+,30-,34+/m0/s1. The maximum atomic E-state index is 14.2. The Labute approximate surface area is 260 Å². The van der Waals surface area contributed by atoms with E-state index in [9.17, 15) is 24.3 Å². The fourth-order valence-electron chi connectivity index (χ4n) is 6.95. The molecule has 10 heteroatoms. The number of aliphatic hydroxyl groups is 1.